The summed E-state index contributed by atoms with van der Waals surface area (Å²) in [5, 5.41) is 0. The highest BCUT2D eigenvalue weighted by molar-refractivity contribution is 5.65. The summed E-state index contributed by atoms with van der Waals surface area (Å²) in [6, 6.07) is 8.74. The molecule has 0 aromatic heterocycles. The highest BCUT2D eigenvalue weighted by Crippen LogP contribution is 2.22. The average Bonchev–Trinajstić information content (AvgIpc) is 2.14. The topological polar surface area (TPSA) is 0 Å². The van der Waals surface area contributed by atoms with E-state index < -0.39 is 0 Å². The lowest BCUT2D eigenvalue weighted by Crippen LogP contribution is -1.92. The number of benzene rings is 1. The Balaban J connectivity index is 2.90. The summed E-state index contributed by atoms with van der Waals surface area (Å²) in [4.78, 5) is 0. The van der Waals surface area contributed by atoms with Gasteiger partial charge >= 0.3 is 0 Å². The molecule has 0 N–H and O–H groups in total. The van der Waals surface area contributed by atoms with Crippen LogP contribution in [0.25, 0.3) is 5.57 Å². The van der Waals surface area contributed by atoms with Gasteiger partial charge in [-0.25, -0.2) is 0 Å². The molecule has 0 spiro atoms. The number of hydrogen-bond acceptors (Lipinski definition) is 0. The third kappa shape index (κ3) is 3.02. The highest BCUT2D eigenvalue weighted by atomic mass is 14.1. The van der Waals surface area contributed by atoms with Crippen molar-refractivity contribution in [1.29, 1.82) is 0 Å². The van der Waals surface area contributed by atoms with Gasteiger partial charge in [0.05, 0.1) is 0 Å². The van der Waals surface area contributed by atoms with Crippen LogP contribution in [0.4, 0.5) is 0 Å². The van der Waals surface area contributed by atoms with Gasteiger partial charge in [-0.15, -0.1) is 0 Å². The molecule has 0 saturated carbocycles. The molecule has 0 nitrogen and oxygen atoms in total. The van der Waals surface area contributed by atoms with Crippen molar-refractivity contribution in [3.8, 4) is 0 Å². The van der Waals surface area contributed by atoms with Crippen LogP contribution in [0.15, 0.2) is 30.3 Å². The van der Waals surface area contributed by atoms with Crippen LogP contribution in [0.2, 0.25) is 0 Å². The normalized spacial score (nSPS) is 12.2. The third-order valence-electron chi connectivity index (χ3n) is 2.37. The Morgan fingerprint density at radius 2 is 2.07 bits per heavy atom. The van der Waals surface area contributed by atoms with Crippen LogP contribution in [0.1, 0.15) is 38.3 Å². The Morgan fingerprint density at radius 3 is 2.57 bits per heavy atom. The molecule has 1 rings (SSSR count). The van der Waals surface area contributed by atoms with Gasteiger partial charge in [-0.3, -0.25) is 0 Å². The molecule has 0 aliphatic rings. The Morgan fingerprint density at radius 1 is 1.36 bits per heavy atom. The monoisotopic (exact) mass is 188 g/mol. The second-order valence-electron chi connectivity index (χ2n) is 4.28. The highest BCUT2D eigenvalue weighted by Gasteiger charge is 2.03. The van der Waals surface area contributed by atoms with Gasteiger partial charge < -0.3 is 0 Å². The van der Waals surface area contributed by atoms with Gasteiger partial charge in [-0.05, 0) is 37.3 Å². The molecule has 0 heteroatoms. The summed E-state index contributed by atoms with van der Waals surface area (Å²) in [5.41, 5.74) is 4.18. The van der Waals surface area contributed by atoms with E-state index in [0.717, 1.165) is 5.92 Å². The van der Waals surface area contributed by atoms with E-state index in [0.29, 0.717) is 0 Å². The molecule has 0 unspecified atom stereocenters. The number of rotatable bonds is 3. The lowest BCUT2D eigenvalue weighted by Gasteiger charge is -2.10. The van der Waals surface area contributed by atoms with Gasteiger partial charge in [0.2, 0.25) is 0 Å². The van der Waals surface area contributed by atoms with E-state index in [2.05, 4.69) is 58.0 Å². The van der Waals surface area contributed by atoms with Crippen molar-refractivity contribution < 1.29 is 0 Å². The predicted octanol–water partition coefficient (Wildman–Crippen LogP) is 4.44. The van der Waals surface area contributed by atoms with Crippen LogP contribution < -0.4 is 0 Å². The van der Waals surface area contributed by atoms with Crippen molar-refractivity contribution in [2.75, 3.05) is 0 Å². The first-order valence-corrected chi connectivity index (χ1v) is 5.35. The zero-order valence-corrected chi connectivity index (χ0v) is 9.67. The molecule has 0 fully saturated rings. The van der Waals surface area contributed by atoms with Crippen molar-refractivity contribution in [1.82, 2.24) is 0 Å². The van der Waals surface area contributed by atoms with Crippen LogP contribution >= 0.6 is 0 Å². The minimum absolute atomic E-state index is 0.724. The standard InChI is InChI=1S/C14H20/c1-5-13(9-11(2)3)14-8-6-7-12(4)10-14/h5-8,10-11H,9H2,1-4H3/b13-5-. The van der Waals surface area contributed by atoms with E-state index in [1.165, 1.54) is 23.1 Å². The maximum atomic E-state index is 2.26. The van der Waals surface area contributed by atoms with Crippen molar-refractivity contribution in [3.63, 3.8) is 0 Å². The van der Waals surface area contributed by atoms with Gasteiger partial charge in [0, 0.05) is 0 Å². The summed E-state index contributed by atoms with van der Waals surface area (Å²) in [5.74, 6) is 0.724. The summed E-state index contributed by atoms with van der Waals surface area (Å²) in [6.45, 7) is 8.80. The lowest BCUT2D eigenvalue weighted by molar-refractivity contribution is 0.673. The molecule has 76 valence electrons. The fourth-order valence-corrected chi connectivity index (χ4v) is 1.69. The molecule has 14 heavy (non-hydrogen) atoms. The van der Waals surface area contributed by atoms with Gasteiger partial charge in [0.25, 0.3) is 0 Å². The maximum absolute atomic E-state index is 2.26. The van der Waals surface area contributed by atoms with E-state index in [1.807, 2.05) is 0 Å². The number of hydrogen-bond donors (Lipinski definition) is 0. The van der Waals surface area contributed by atoms with Crippen LogP contribution in [-0.2, 0) is 0 Å². The zero-order valence-electron chi connectivity index (χ0n) is 9.67. The molecule has 0 heterocycles. The number of allylic oxidation sites excluding steroid dienone is 2. The number of aryl methyl sites for hydroxylation is 1. The maximum Gasteiger partial charge on any atom is -0.0225 e. The van der Waals surface area contributed by atoms with E-state index in [4.69, 9.17) is 0 Å². The fraction of sp³-hybridized carbons (Fsp3) is 0.429. The van der Waals surface area contributed by atoms with E-state index >= 15 is 0 Å². The molecule has 0 aliphatic heterocycles. The molecule has 0 atom stereocenters. The molecular weight excluding hydrogens is 168 g/mol. The van der Waals surface area contributed by atoms with Crippen LogP contribution in [0.3, 0.4) is 0 Å². The van der Waals surface area contributed by atoms with Gasteiger partial charge in [-0.1, -0.05) is 49.8 Å². The second-order valence-corrected chi connectivity index (χ2v) is 4.28. The Bertz CT molecular complexity index is 319. The molecule has 0 radical (unpaired) electrons. The van der Waals surface area contributed by atoms with Crippen LogP contribution in [0.5, 0.6) is 0 Å². The van der Waals surface area contributed by atoms with Gasteiger partial charge in [-0.2, -0.15) is 0 Å². The SMILES string of the molecule is C/C=C(/CC(C)C)c1cccc(C)c1. The summed E-state index contributed by atoms with van der Waals surface area (Å²) in [6.07, 6.45) is 3.40. The van der Waals surface area contributed by atoms with E-state index in [1.54, 1.807) is 0 Å². The van der Waals surface area contributed by atoms with Crippen molar-refractivity contribution >= 4 is 5.57 Å². The predicted molar refractivity (Wildman–Crippen MR) is 64.3 cm³/mol. The van der Waals surface area contributed by atoms with Crippen LogP contribution in [0, 0.1) is 12.8 Å². The van der Waals surface area contributed by atoms with Gasteiger partial charge in [0.15, 0.2) is 0 Å². The first kappa shape index (κ1) is 11.0. The van der Waals surface area contributed by atoms with Crippen molar-refractivity contribution in [2.45, 2.75) is 34.1 Å². The van der Waals surface area contributed by atoms with E-state index in [9.17, 15) is 0 Å². The quantitative estimate of drug-likeness (QED) is 0.657. The molecule has 0 amide bonds. The molecule has 1 aromatic rings. The Labute approximate surface area is 87.7 Å². The van der Waals surface area contributed by atoms with Crippen molar-refractivity contribution in [3.05, 3.63) is 41.5 Å². The summed E-state index contributed by atoms with van der Waals surface area (Å²) >= 11 is 0. The summed E-state index contributed by atoms with van der Waals surface area (Å²) < 4.78 is 0. The zero-order chi connectivity index (χ0) is 10.6. The minimum Gasteiger partial charge on any atom is -0.0838 e. The molecule has 0 aliphatic carbocycles. The van der Waals surface area contributed by atoms with E-state index in [-0.39, 0.29) is 0 Å². The fourth-order valence-electron chi connectivity index (χ4n) is 1.69. The largest absolute Gasteiger partial charge is 0.0838 e. The minimum atomic E-state index is 0.724. The summed E-state index contributed by atoms with van der Waals surface area (Å²) in [7, 11) is 0. The van der Waals surface area contributed by atoms with Gasteiger partial charge in [0.1, 0.15) is 0 Å². The first-order chi connectivity index (χ1) is 6.63. The molecular formula is C14H20. The Kier molecular flexibility index (Phi) is 3.94. The molecule has 1 aromatic carbocycles. The molecule has 0 saturated heterocycles. The third-order valence-corrected chi connectivity index (χ3v) is 2.37. The van der Waals surface area contributed by atoms with Crippen molar-refractivity contribution in [2.24, 2.45) is 5.92 Å². The average molecular weight is 188 g/mol. The smallest absolute Gasteiger partial charge is 0.0225 e. The van der Waals surface area contributed by atoms with Crippen LogP contribution in [-0.4, -0.2) is 0 Å². The lowest BCUT2D eigenvalue weighted by atomic mass is 9.95. The second kappa shape index (κ2) is 4.99. The first-order valence-electron chi connectivity index (χ1n) is 5.35. The molecule has 0 bridgehead atoms. The Hall–Kier alpha value is -1.04.